The third-order valence-electron chi connectivity index (χ3n) is 3.38. The average molecular weight is 325 g/mol. The van der Waals surface area contributed by atoms with Crippen LogP contribution in [0.25, 0.3) is 0 Å². The van der Waals surface area contributed by atoms with Gasteiger partial charge >= 0.3 is 5.97 Å². The van der Waals surface area contributed by atoms with Crippen LogP contribution < -0.4 is 5.32 Å². The van der Waals surface area contributed by atoms with Crippen molar-refractivity contribution in [3.63, 3.8) is 0 Å². The molecule has 4 nitrogen and oxygen atoms in total. The van der Waals surface area contributed by atoms with Crippen molar-refractivity contribution in [2.45, 2.75) is 39.7 Å². The Balaban J connectivity index is 2.10. The van der Waals surface area contributed by atoms with Crippen LogP contribution in [-0.4, -0.2) is 17.5 Å². The van der Waals surface area contributed by atoms with E-state index in [9.17, 15) is 9.59 Å². The van der Waals surface area contributed by atoms with E-state index in [1.54, 1.807) is 36.4 Å². The zero-order valence-electron chi connectivity index (χ0n) is 14.6. The molecule has 0 unspecified atom stereocenters. The summed E-state index contributed by atoms with van der Waals surface area (Å²) in [6.07, 6.45) is 0.930. The maximum Gasteiger partial charge on any atom is 0.338 e. The third kappa shape index (κ3) is 4.95. The number of rotatable bonds is 4. The molecule has 24 heavy (non-hydrogen) atoms. The molecule has 0 fully saturated rings. The van der Waals surface area contributed by atoms with Crippen molar-refractivity contribution >= 4 is 17.6 Å². The topological polar surface area (TPSA) is 55.4 Å². The molecule has 126 valence electrons. The summed E-state index contributed by atoms with van der Waals surface area (Å²) in [7, 11) is 0. The fourth-order valence-electron chi connectivity index (χ4n) is 2.16. The van der Waals surface area contributed by atoms with Crippen molar-refractivity contribution in [3.05, 3.63) is 65.2 Å². The first-order chi connectivity index (χ1) is 11.3. The van der Waals surface area contributed by atoms with Gasteiger partial charge in [0.2, 0.25) is 0 Å². The Morgan fingerprint density at radius 3 is 2.25 bits per heavy atom. The lowest BCUT2D eigenvalue weighted by molar-refractivity contribution is 0.00694. The van der Waals surface area contributed by atoms with Crippen LogP contribution in [0, 0.1) is 0 Å². The molecule has 4 heteroatoms. The lowest BCUT2D eigenvalue weighted by atomic mass is 10.1. The van der Waals surface area contributed by atoms with Gasteiger partial charge in [-0.05, 0) is 63.1 Å². The van der Waals surface area contributed by atoms with Crippen LogP contribution in [0.1, 0.15) is 54.0 Å². The highest BCUT2D eigenvalue weighted by Crippen LogP contribution is 2.17. The van der Waals surface area contributed by atoms with Crippen LogP contribution in [0.15, 0.2) is 48.5 Å². The number of aryl methyl sites for hydroxylation is 1. The monoisotopic (exact) mass is 325 g/mol. The molecule has 1 N–H and O–H groups in total. The van der Waals surface area contributed by atoms with E-state index in [2.05, 4.69) is 12.2 Å². The first-order valence-corrected chi connectivity index (χ1v) is 8.02. The van der Waals surface area contributed by atoms with E-state index in [1.165, 1.54) is 5.56 Å². The van der Waals surface area contributed by atoms with Crippen LogP contribution >= 0.6 is 0 Å². The van der Waals surface area contributed by atoms with Crippen LogP contribution in [-0.2, 0) is 11.2 Å². The van der Waals surface area contributed by atoms with Crippen LogP contribution in [0.4, 0.5) is 5.69 Å². The number of ether oxygens (including phenoxy) is 1. The Hall–Kier alpha value is -2.62. The second-order valence-corrected chi connectivity index (χ2v) is 6.59. The predicted octanol–water partition coefficient (Wildman–Crippen LogP) is 4.46. The molecule has 0 bridgehead atoms. The summed E-state index contributed by atoms with van der Waals surface area (Å²) >= 11 is 0. The van der Waals surface area contributed by atoms with Gasteiger partial charge in [-0.15, -0.1) is 0 Å². The van der Waals surface area contributed by atoms with Gasteiger partial charge in [0, 0.05) is 11.3 Å². The number of benzene rings is 2. The summed E-state index contributed by atoms with van der Waals surface area (Å²) in [6.45, 7) is 7.51. The van der Waals surface area contributed by atoms with Gasteiger partial charge < -0.3 is 10.1 Å². The van der Waals surface area contributed by atoms with Crippen molar-refractivity contribution in [1.82, 2.24) is 0 Å². The van der Waals surface area contributed by atoms with Gasteiger partial charge in [-0.25, -0.2) is 4.79 Å². The second-order valence-electron chi connectivity index (χ2n) is 6.59. The average Bonchev–Trinajstić information content (AvgIpc) is 2.53. The molecular weight excluding hydrogens is 302 g/mol. The molecule has 0 atom stereocenters. The summed E-state index contributed by atoms with van der Waals surface area (Å²) in [4.78, 5) is 24.4. The van der Waals surface area contributed by atoms with E-state index in [1.807, 2.05) is 32.9 Å². The van der Waals surface area contributed by atoms with Gasteiger partial charge in [-0.1, -0.05) is 25.1 Å². The van der Waals surface area contributed by atoms with Gasteiger partial charge in [0.15, 0.2) is 0 Å². The molecule has 0 aliphatic rings. The minimum Gasteiger partial charge on any atom is -0.456 e. The van der Waals surface area contributed by atoms with Crippen molar-refractivity contribution in [1.29, 1.82) is 0 Å². The standard InChI is InChI=1S/C20H23NO3/c1-5-14-9-11-15(12-10-14)18(22)21-17-8-6-7-16(13-17)19(23)24-20(2,3)4/h6-13H,5H2,1-4H3,(H,21,22). The molecule has 2 aromatic carbocycles. The van der Waals surface area contributed by atoms with Gasteiger partial charge in [0.1, 0.15) is 5.60 Å². The number of nitrogens with one attached hydrogen (secondary N) is 1. The Bertz CT molecular complexity index is 727. The highest BCUT2D eigenvalue weighted by Gasteiger charge is 2.18. The number of carbonyl (C=O) groups excluding carboxylic acids is 2. The molecule has 2 rings (SSSR count). The Morgan fingerprint density at radius 1 is 1.00 bits per heavy atom. The summed E-state index contributed by atoms with van der Waals surface area (Å²) in [6, 6.07) is 14.2. The van der Waals surface area contributed by atoms with Crippen molar-refractivity contribution in [2.75, 3.05) is 5.32 Å². The molecule has 0 aromatic heterocycles. The van der Waals surface area contributed by atoms with Gasteiger partial charge in [0.05, 0.1) is 5.56 Å². The summed E-state index contributed by atoms with van der Waals surface area (Å²) in [5.74, 6) is -0.620. The van der Waals surface area contributed by atoms with E-state index < -0.39 is 11.6 Å². The third-order valence-corrected chi connectivity index (χ3v) is 3.38. The molecule has 0 heterocycles. The number of carbonyl (C=O) groups is 2. The zero-order valence-corrected chi connectivity index (χ0v) is 14.6. The Kier molecular flexibility index (Phi) is 5.39. The molecule has 0 saturated heterocycles. The molecule has 0 spiro atoms. The number of esters is 1. The maximum absolute atomic E-state index is 12.3. The van der Waals surface area contributed by atoms with Crippen LogP contribution in [0.5, 0.6) is 0 Å². The highest BCUT2D eigenvalue weighted by atomic mass is 16.6. The highest BCUT2D eigenvalue weighted by molar-refractivity contribution is 6.04. The molecule has 0 aliphatic carbocycles. The summed E-state index contributed by atoms with van der Waals surface area (Å²) < 4.78 is 5.34. The predicted molar refractivity (Wildman–Crippen MR) is 95.4 cm³/mol. The summed E-state index contributed by atoms with van der Waals surface area (Å²) in [5.41, 5.74) is 2.16. The molecule has 0 saturated carbocycles. The van der Waals surface area contributed by atoms with E-state index >= 15 is 0 Å². The van der Waals surface area contributed by atoms with Gasteiger partial charge in [0.25, 0.3) is 5.91 Å². The lowest BCUT2D eigenvalue weighted by Crippen LogP contribution is -2.24. The van der Waals surface area contributed by atoms with E-state index in [4.69, 9.17) is 4.74 Å². The second kappa shape index (κ2) is 7.30. The molecule has 2 aromatic rings. The number of amides is 1. The fourth-order valence-corrected chi connectivity index (χ4v) is 2.16. The van der Waals surface area contributed by atoms with Crippen LogP contribution in [0.2, 0.25) is 0 Å². The van der Waals surface area contributed by atoms with Gasteiger partial charge in [-0.3, -0.25) is 4.79 Å². The van der Waals surface area contributed by atoms with Gasteiger partial charge in [-0.2, -0.15) is 0 Å². The first kappa shape index (κ1) is 17.7. The number of hydrogen-bond acceptors (Lipinski definition) is 3. The SMILES string of the molecule is CCc1ccc(C(=O)Nc2cccc(C(=O)OC(C)(C)C)c2)cc1. The van der Waals surface area contributed by atoms with E-state index in [-0.39, 0.29) is 5.91 Å². The molecule has 1 amide bonds. The number of anilines is 1. The molecular formula is C20H23NO3. The molecule has 0 aliphatic heterocycles. The maximum atomic E-state index is 12.3. The van der Waals surface area contributed by atoms with Crippen molar-refractivity contribution in [3.8, 4) is 0 Å². The van der Waals surface area contributed by atoms with Crippen molar-refractivity contribution in [2.24, 2.45) is 0 Å². The van der Waals surface area contributed by atoms with E-state index in [0.717, 1.165) is 6.42 Å². The first-order valence-electron chi connectivity index (χ1n) is 8.02. The normalized spacial score (nSPS) is 11.0. The largest absolute Gasteiger partial charge is 0.456 e. The Labute approximate surface area is 142 Å². The Morgan fingerprint density at radius 2 is 1.67 bits per heavy atom. The smallest absolute Gasteiger partial charge is 0.338 e. The fraction of sp³-hybridized carbons (Fsp3) is 0.300. The number of hydrogen-bond donors (Lipinski definition) is 1. The quantitative estimate of drug-likeness (QED) is 0.845. The summed E-state index contributed by atoms with van der Waals surface area (Å²) in [5, 5.41) is 2.81. The zero-order chi connectivity index (χ0) is 17.7. The minimum atomic E-state index is -0.558. The molecule has 0 radical (unpaired) electrons. The van der Waals surface area contributed by atoms with E-state index in [0.29, 0.717) is 16.8 Å². The minimum absolute atomic E-state index is 0.209. The lowest BCUT2D eigenvalue weighted by Gasteiger charge is -2.19. The van der Waals surface area contributed by atoms with Crippen molar-refractivity contribution < 1.29 is 14.3 Å². The van der Waals surface area contributed by atoms with Crippen LogP contribution in [0.3, 0.4) is 0 Å².